The molecule has 15 rings (SSSR count). The van der Waals surface area contributed by atoms with Crippen LogP contribution in [0.1, 0.15) is 210 Å². The first kappa shape index (κ1) is 58.0. The predicted octanol–water partition coefficient (Wildman–Crippen LogP) is 21.7. The molecular formula is C87H87BN2. The third kappa shape index (κ3) is 11.6. The van der Waals surface area contributed by atoms with Crippen molar-refractivity contribution >= 4 is 13.1 Å². The van der Waals surface area contributed by atoms with Crippen molar-refractivity contribution in [3.8, 4) is 0 Å². The number of benzene rings is 9. The molecule has 448 valence electrons. The molecule has 5 aliphatic rings. The van der Waals surface area contributed by atoms with Gasteiger partial charge in [-0.1, -0.05) is 305 Å². The molecule has 8 unspecified atom stereocenters. The van der Waals surface area contributed by atoms with Crippen LogP contribution in [0.4, 0.5) is 0 Å². The van der Waals surface area contributed by atoms with E-state index in [1.807, 2.05) is 0 Å². The van der Waals surface area contributed by atoms with Gasteiger partial charge in [-0.3, -0.25) is 0 Å². The van der Waals surface area contributed by atoms with Crippen LogP contribution in [0.2, 0.25) is 0 Å². The first-order valence-electron chi connectivity index (χ1n) is 34.6. The molecule has 1 aromatic heterocycles. The van der Waals surface area contributed by atoms with Crippen molar-refractivity contribution in [2.24, 2.45) is 11.8 Å². The zero-order valence-electron chi connectivity index (χ0n) is 52.4. The number of fused-ring (bicyclic) bond motifs is 1. The Morgan fingerprint density at radius 2 is 0.656 bits per heavy atom. The largest absolute Gasteiger partial charge is 0.411 e. The van der Waals surface area contributed by atoms with Crippen LogP contribution in [0.3, 0.4) is 0 Å². The molecule has 0 saturated heterocycles. The van der Waals surface area contributed by atoms with Gasteiger partial charge in [-0.15, -0.1) is 0 Å². The average Bonchev–Trinajstić information content (AvgIpc) is 1.55. The van der Waals surface area contributed by atoms with Crippen LogP contribution in [0.15, 0.2) is 296 Å². The Kier molecular flexibility index (Phi) is 17.4. The zero-order valence-corrected chi connectivity index (χ0v) is 52.4. The maximum atomic E-state index is 4.60. The lowest BCUT2D eigenvalue weighted by atomic mass is 9.61. The fourth-order valence-electron chi connectivity index (χ4n) is 18.9. The Bertz CT molecular complexity index is 3790. The molecule has 0 spiro atoms. The highest BCUT2D eigenvalue weighted by atomic mass is 15.0. The standard InChI is InChI=1S/C87H87BN2/c1-10-32-61(33-11-1)70-50-28-51-71(62-34-12-2-13-35-62)78(70)58-59-79(83-72(63-36-14-3-15-37-63)52-29-53-73(83)64-38-16-4-17-39-64)86-82(69-48-26-9-27-49-69)87-80(84-74(65-40-18-5-19-41-65)54-30-55-75(84)66-42-20-6-21-43-66)60-81(90(87)88-89-86)85-76(67-44-22-7-23-45-67)56-31-57-77(85)68-46-24-8-25-47-68/h1-27,32-49,59-60,70-78,83-85,88-89H,28-31,50-58H2/b79-59-. The Balaban J connectivity index is 1.04. The number of rotatable bonds is 15. The van der Waals surface area contributed by atoms with Gasteiger partial charge >= 0.3 is 7.55 Å². The molecule has 8 atom stereocenters. The number of hydrogen-bond donors (Lipinski definition) is 1. The van der Waals surface area contributed by atoms with E-state index < -0.39 is 0 Å². The van der Waals surface area contributed by atoms with Crippen LogP contribution in [-0.2, 0) is 0 Å². The summed E-state index contributed by atoms with van der Waals surface area (Å²) in [6.45, 7) is 0. The van der Waals surface area contributed by atoms with Gasteiger partial charge in [-0.25, -0.2) is 0 Å². The number of allylic oxidation sites excluding steroid dienone is 2. The Morgan fingerprint density at radius 1 is 0.356 bits per heavy atom. The molecule has 4 aliphatic carbocycles. The summed E-state index contributed by atoms with van der Waals surface area (Å²) in [4.78, 5) is 0. The lowest BCUT2D eigenvalue weighted by Crippen LogP contribution is -2.39. The second-order valence-electron chi connectivity index (χ2n) is 27.2. The van der Waals surface area contributed by atoms with Crippen molar-refractivity contribution in [1.82, 2.24) is 9.71 Å². The van der Waals surface area contributed by atoms with Crippen molar-refractivity contribution < 1.29 is 0 Å². The monoisotopic (exact) mass is 1170 g/mol. The minimum atomic E-state index is 0.204. The molecule has 2 heterocycles. The summed E-state index contributed by atoms with van der Waals surface area (Å²) in [6, 6.07) is 108. The average molecular weight is 1170 g/mol. The van der Waals surface area contributed by atoms with Gasteiger partial charge in [0.15, 0.2) is 0 Å². The molecule has 2 nitrogen and oxygen atoms in total. The van der Waals surface area contributed by atoms with Crippen molar-refractivity contribution in [3.63, 3.8) is 0 Å². The summed E-state index contributed by atoms with van der Waals surface area (Å²) in [7, 11) is 0.702. The molecule has 3 heteroatoms. The molecule has 0 radical (unpaired) electrons. The summed E-state index contributed by atoms with van der Waals surface area (Å²) >= 11 is 0. The first-order chi connectivity index (χ1) is 44.7. The zero-order chi connectivity index (χ0) is 60.0. The van der Waals surface area contributed by atoms with E-state index in [0.29, 0.717) is 60.8 Å². The molecule has 90 heavy (non-hydrogen) atoms. The number of aromatic nitrogens is 1. The van der Waals surface area contributed by atoms with Gasteiger partial charge in [0.25, 0.3) is 0 Å². The van der Waals surface area contributed by atoms with Crippen LogP contribution >= 0.6 is 0 Å². The SMILES string of the molecule is B1NC(/C(=C\CC2C(c3ccccc3)CCCC2c2ccccc2)C2C(c3ccccc3)CCCC2c2ccccc2)=C(c2ccccc2)c2c(C3C(c4ccccc4)CCCC3c3ccccc3)cc(C3C(c4ccccc4)CCCC3c3ccccc3)n21. The molecule has 0 bridgehead atoms. The second-order valence-corrected chi connectivity index (χ2v) is 27.2. The highest BCUT2D eigenvalue weighted by Gasteiger charge is 2.47. The van der Waals surface area contributed by atoms with Crippen molar-refractivity contribution in [2.45, 2.75) is 143 Å². The van der Waals surface area contributed by atoms with Crippen LogP contribution in [0.25, 0.3) is 5.57 Å². The van der Waals surface area contributed by atoms with Gasteiger partial charge in [-0.2, -0.15) is 0 Å². The smallest absolute Gasteiger partial charge is 0.358 e. The molecule has 1 N–H and O–H groups in total. The first-order valence-corrected chi connectivity index (χ1v) is 34.6. The molecule has 4 fully saturated rings. The van der Waals surface area contributed by atoms with Crippen molar-refractivity contribution in [2.75, 3.05) is 0 Å². The summed E-state index contributed by atoms with van der Waals surface area (Å²) < 4.78 is 2.89. The highest BCUT2D eigenvalue weighted by Crippen LogP contribution is 2.60. The van der Waals surface area contributed by atoms with Gasteiger partial charge in [0.2, 0.25) is 0 Å². The fourth-order valence-corrected chi connectivity index (χ4v) is 18.9. The lowest BCUT2D eigenvalue weighted by Gasteiger charge is -2.44. The molecule has 10 aromatic rings. The normalized spacial score (nSPS) is 26.2. The Hall–Kier alpha value is -8.40. The summed E-state index contributed by atoms with van der Waals surface area (Å²) in [5.41, 5.74) is 21.8. The third-order valence-corrected chi connectivity index (χ3v) is 22.7. The lowest BCUT2D eigenvalue weighted by molar-refractivity contribution is 0.262. The second kappa shape index (κ2) is 27.0. The number of nitrogens with zero attached hydrogens (tertiary/aromatic N) is 1. The Labute approximate surface area is 537 Å². The highest BCUT2D eigenvalue weighted by molar-refractivity contribution is 6.34. The van der Waals surface area contributed by atoms with Gasteiger partial charge < -0.3 is 9.71 Å². The third-order valence-electron chi connectivity index (χ3n) is 22.7. The molecular weight excluding hydrogens is 1080 g/mol. The van der Waals surface area contributed by atoms with Gasteiger partial charge in [0.1, 0.15) is 0 Å². The molecule has 9 aromatic carbocycles. The van der Waals surface area contributed by atoms with E-state index in [2.05, 4.69) is 295 Å². The van der Waals surface area contributed by atoms with E-state index in [1.54, 1.807) is 0 Å². The molecule has 0 amide bonds. The van der Waals surface area contributed by atoms with Crippen LogP contribution < -0.4 is 5.23 Å². The molecule has 4 saturated carbocycles. The van der Waals surface area contributed by atoms with E-state index in [0.717, 1.165) is 32.1 Å². The summed E-state index contributed by atoms with van der Waals surface area (Å²) in [5.74, 6) is 3.98. The van der Waals surface area contributed by atoms with Crippen LogP contribution in [0.5, 0.6) is 0 Å². The van der Waals surface area contributed by atoms with Crippen LogP contribution in [-0.4, -0.2) is 12.0 Å². The minimum absolute atomic E-state index is 0.204. The van der Waals surface area contributed by atoms with Gasteiger partial charge in [0, 0.05) is 28.6 Å². The molecule has 1 aliphatic heterocycles. The van der Waals surface area contributed by atoms with Crippen molar-refractivity contribution in [3.05, 3.63) is 363 Å². The topological polar surface area (TPSA) is 17.0 Å². The van der Waals surface area contributed by atoms with E-state index >= 15 is 0 Å². The number of nitrogens with one attached hydrogen (secondary N) is 1. The maximum absolute atomic E-state index is 4.60. The predicted molar refractivity (Wildman–Crippen MR) is 377 cm³/mol. The van der Waals surface area contributed by atoms with E-state index in [4.69, 9.17) is 0 Å². The summed E-state index contributed by atoms with van der Waals surface area (Å²) in [6.07, 6.45) is 18.1. The summed E-state index contributed by atoms with van der Waals surface area (Å²) in [5, 5.41) is 4.60. The van der Waals surface area contributed by atoms with Crippen molar-refractivity contribution in [1.29, 1.82) is 0 Å². The van der Waals surface area contributed by atoms with Gasteiger partial charge in [-0.05, 0) is 190 Å². The van der Waals surface area contributed by atoms with E-state index in [1.165, 1.54) is 135 Å². The maximum Gasteiger partial charge on any atom is 0.358 e. The van der Waals surface area contributed by atoms with Crippen LogP contribution in [0, 0.1) is 11.8 Å². The van der Waals surface area contributed by atoms with Gasteiger partial charge in [0.05, 0.1) is 0 Å². The fraction of sp³-hybridized carbons (Fsp3) is 0.287. The van der Waals surface area contributed by atoms with E-state index in [9.17, 15) is 0 Å². The quantitative estimate of drug-likeness (QED) is 0.101. The minimum Gasteiger partial charge on any atom is -0.411 e. The number of hydrogen-bond acceptors (Lipinski definition) is 1. The Morgan fingerprint density at radius 3 is 1.02 bits per heavy atom. The van der Waals surface area contributed by atoms with E-state index in [-0.39, 0.29) is 17.8 Å².